The van der Waals surface area contributed by atoms with Crippen LogP contribution in [0.1, 0.15) is 36.2 Å². The van der Waals surface area contributed by atoms with Crippen molar-refractivity contribution in [1.29, 1.82) is 0 Å². The molecule has 28 heavy (non-hydrogen) atoms. The zero-order valence-corrected chi connectivity index (χ0v) is 16.2. The second kappa shape index (κ2) is 9.87. The number of hydroxylamine groups is 1. The van der Waals surface area contributed by atoms with Gasteiger partial charge >= 0.3 is 0 Å². The summed E-state index contributed by atoms with van der Waals surface area (Å²) in [5.41, 5.74) is 4.85. The first kappa shape index (κ1) is 21.4. The fourth-order valence-electron chi connectivity index (χ4n) is 2.94. The average molecular weight is 386 g/mol. The highest BCUT2D eigenvalue weighted by atomic mass is 16.5. The van der Waals surface area contributed by atoms with Gasteiger partial charge in [0, 0.05) is 5.56 Å². The maximum atomic E-state index is 12.4. The molecule has 0 aliphatic rings. The SMILES string of the molecule is CCCc1cc(-c2ccc(C(=O)N[C@H](C(=O)NO)[C@@H](C)O)cc2)ccc1OC. The van der Waals surface area contributed by atoms with Gasteiger partial charge in [0.15, 0.2) is 0 Å². The first-order chi connectivity index (χ1) is 13.4. The van der Waals surface area contributed by atoms with E-state index in [1.807, 2.05) is 24.3 Å². The van der Waals surface area contributed by atoms with E-state index in [0.29, 0.717) is 5.56 Å². The van der Waals surface area contributed by atoms with E-state index in [0.717, 1.165) is 35.3 Å². The molecule has 0 spiro atoms. The minimum Gasteiger partial charge on any atom is -0.496 e. The number of carbonyl (C=O) groups is 2. The molecule has 2 atom stereocenters. The van der Waals surface area contributed by atoms with Gasteiger partial charge in [0.05, 0.1) is 13.2 Å². The van der Waals surface area contributed by atoms with E-state index in [9.17, 15) is 14.7 Å². The Hall–Kier alpha value is -2.90. The van der Waals surface area contributed by atoms with Gasteiger partial charge in [-0.2, -0.15) is 0 Å². The summed E-state index contributed by atoms with van der Waals surface area (Å²) in [6.07, 6.45) is 0.752. The summed E-state index contributed by atoms with van der Waals surface area (Å²) in [7, 11) is 1.65. The van der Waals surface area contributed by atoms with Gasteiger partial charge in [-0.15, -0.1) is 0 Å². The molecule has 0 fully saturated rings. The minimum atomic E-state index is -1.25. The van der Waals surface area contributed by atoms with Gasteiger partial charge in [-0.25, -0.2) is 5.48 Å². The molecule has 2 aromatic carbocycles. The van der Waals surface area contributed by atoms with Crippen molar-refractivity contribution in [2.75, 3.05) is 7.11 Å². The molecule has 0 aliphatic carbocycles. The number of aliphatic hydroxyl groups is 1. The van der Waals surface area contributed by atoms with Crippen LogP contribution < -0.4 is 15.5 Å². The molecule has 0 heterocycles. The van der Waals surface area contributed by atoms with Gasteiger partial charge in [0.1, 0.15) is 11.8 Å². The second-order valence-electron chi connectivity index (χ2n) is 6.52. The number of methoxy groups -OCH3 is 1. The van der Waals surface area contributed by atoms with E-state index in [1.54, 1.807) is 19.2 Å². The first-order valence-corrected chi connectivity index (χ1v) is 9.11. The van der Waals surface area contributed by atoms with Gasteiger partial charge in [0.25, 0.3) is 11.8 Å². The average Bonchev–Trinajstić information content (AvgIpc) is 2.71. The number of amides is 2. The Labute approximate surface area is 164 Å². The Bertz CT molecular complexity index is 818. The van der Waals surface area contributed by atoms with Gasteiger partial charge in [0.2, 0.25) is 0 Å². The van der Waals surface area contributed by atoms with Gasteiger partial charge in [-0.1, -0.05) is 31.5 Å². The van der Waals surface area contributed by atoms with E-state index in [2.05, 4.69) is 18.3 Å². The van der Waals surface area contributed by atoms with Crippen molar-refractivity contribution in [2.45, 2.75) is 38.8 Å². The summed E-state index contributed by atoms with van der Waals surface area (Å²) in [6.45, 7) is 3.46. The summed E-state index contributed by atoms with van der Waals surface area (Å²) in [6, 6.07) is 11.6. The van der Waals surface area contributed by atoms with Crippen molar-refractivity contribution < 1.29 is 24.6 Å². The smallest absolute Gasteiger partial charge is 0.268 e. The lowest BCUT2D eigenvalue weighted by Gasteiger charge is -2.19. The zero-order chi connectivity index (χ0) is 20.7. The van der Waals surface area contributed by atoms with Crippen molar-refractivity contribution in [3.63, 3.8) is 0 Å². The normalized spacial score (nSPS) is 12.8. The van der Waals surface area contributed by atoms with Crippen LogP contribution in [-0.2, 0) is 11.2 Å². The number of carbonyl (C=O) groups excluding carboxylic acids is 2. The highest BCUT2D eigenvalue weighted by molar-refractivity contribution is 5.97. The Balaban J connectivity index is 2.20. The molecule has 0 unspecified atom stereocenters. The van der Waals surface area contributed by atoms with E-state index in [1.165, 1.54) is 12.4 Å². The molecule has 150 valence electrons. The molecule has 0 saturated heterocycles. The van der Waals surface area contributed by atoms with E-state index in [-0.39, 0.29) is 0 Å². The Kier molecular flexibility index (Phi) is 7.54. The van der Waals surface area contributed by atoms with Crippen molar-refractivity contribution in [1.82, 2.24) is 10.8 Å². The van der Waals surface area contributed by atoms with Gasteiger partial charge in [-0.05, 0) is 54.3 Å². The maximum absolute atomic E-state index is 12.4. The van der Waals surface area contributed by atoms with Crippen molar-refractivity contribution >= 4 is 11.8 Å². The van der Waals surface area contributed by atoms with Crippen LogP contribution in [0.15, 0.2) is 42.5 Å². The molecule has 4 N–H and O–H groups in total. The molecular formula is C21H26N2O5. The largest absolute Gasteiger partial charge is 0.496 e. The number of rotatable bonds is 8. The van der Waals surface area contributed by atoms with E-state index >= 15 is 0 Å². The van der Waals surface area contributed by atoms with Crippen LogP contribution in [0.4, 0.5) is 0 Å². The predicted molar refractivity (Wildman–Crippen MR) is 105 cm³/mol. The summed E-state index contributed by atoms with van der Waals surface area (Å²) < 4.78 is 5.40. The maximum Gasteiger partial charge on any atom is 0.268 e. The summed E-state index contributed by atoms with van der Waals surface area (Å²) in [5, 5.41) is 20.8. The highest BCUT2D eigenvalue weighted by Crippen LogP contribution is 2.28. The number of aryl methyl sites for hydroxylation is 1. The van der Waals surface area contributed by atoms with E-state index in [4.69, 9.17) is 9.94 Å². The third kappa shape index (κ3) is 5.09. The number of aliphatic hydroxyl groups excluding tert-OH is 1. The number of benzene rings is 2. The fraction of sp³-hybridized carbons (Fsp3) is 0.333. The lowest BCUT2D eigenvalue weighted by Crippen LogP contribution is -2.51. The monoisotopic (exact) mass is 386 g/mol. The van der Waals surface area contributed by atoms with Crippen LogP contribution in [-0.4, -0.2) is 41.4 Å². The molecule has 7 heteroatoms. The van der Waals surface area contributed by atoms with Crippen LogP contribution in [0.25, 0.3) is 11.1 Å². The fourth-order valence-corrected chi connectivity index (χ4v) is 2.94. The predicted octanol–water partition coefficient (Wildman–Crippen LogP) is 2.30. The lowest BCUT2D eigenvalue weighted by atomic mass is 9.99. The van der Waals surface area contributed by atoms with Crippen LogP contribution >= 0.6 is 0 Å². The van der Waals surface area contributed by atoms with Crippen LogP contribution in [0.3, 0.4) is 0 Å². The minimum absolute atomic E-state index is 0.336. The third-order valence-corrected chi connectivity index (χ3v) is 4.44. The molecule has 2 amide bonds. The molecule has 0 aliphatic heterocycles. The molecule has 0 bridgehead atoms. The Morgan fingerprint density at radius 3 is 2.29 bits per heavy atom. The molecule has 2 rings (SSSR count). The summed E-state index contributed by atoms with van der Waals surface area (Å²) in [5.74, 6) is -0.558. The highest BCUT2D eigenvalue weighted by Gasteiger charge is 2.25. The van der Waals surface area contributed by atoms with Crippen molar-refractivity contribution in [3.8, 4) is 16.9 Å². The number of ether oxygens (including phenoxy) is 1. The summed E-state index contributed by atoms with van der Waals surface area (Å²) in [4.78, 5) is 23.9. The van der Waals surface area contributed by atoms with Crippen LogP contribution in [0, 0.1) is 0 Å². The summed E-state index contributed by atoms with van der Waals surface area (Å²) >= 11 is 0. The quantitative estimate of drug-likeness (QED) is 0.411. The molecule has 2 aromatic rings. The molecule has 0 radical (unpaired) electrons. The molecule has 0 aromatic heterocycles. The number of hydrogen-bond donors (Lipinski definition) is 4. The molecule has 0 saturated carbocycles. The topological polar surface area (TPSA) is 108 Å². The van der Waals surface area contributed by atoms with Gasteiger partial charge in [-0.3, -0.25) is 14.8 Å². The standard InChI is InChI=1S/C21H26N2O5/c1-4-5-17-12-16(10-11-18(17)28-3)14-6-8-15(9-7-14)20(25)22-19(13(2)24)21(26)23-27/h6-13,19,24,27H,4-5H2,1-3H3,(H,22,25)(H,23,26)/t13-,19+/m1/s1. The lowest BCUT2D eigenvalue weighted by molar-refractivity contribution is -0.133. The molecule has 7 nitrogen and oxygen atoms in total. The number of nitrogens with one attached hydrogen (secondary N) is 2. The Morgan fingerprint density at radius 1 is 1.11 bits per heavy atom. The third-order valence-electron chi connectivity index (χ3n) is 4.44. The molecular weight excluding hydrogens is 360 g/mol. The first-order valence-electron chi connectivity index (χ1n) is 9.11. The van der Waals surface area contributed by atoms with Crippen LogP contribution in [0.2, 0.25) is 0 Å². The van der Waals surface area contributed by atoms with E-state index < -0.39 is 24.0 Å². The van der Waals surface area contributed by atoms with Gasteiger partial charge < -0.3 is 15.2 Å². The number of hydrogen-bond acceptors (Lipinski definition) is 5. The Morgan fingerprint density at radius 2 is 1.75 bits per heavy atom. The van der Waals surface area contributed by atoms with Crippen LogP contribution in [0.5, 0.6) is 5.75 Å². The second-order valence-corrected chi connectivity index (χ2v) is 6.52. The zero-order valence-electron chi connectivity index (χ0n) is 16.2. The van der Waals surface area contributed by atoms with Crippen molar-refractivity contribution in [3.05, 3.63) is 53.6 Å². The van der Waals surface area contributed by atoms with Crippen molar-refractivity contribution in [2.24, 2.45) is 0 Å².